The Kier molecular flexibility index (Phi) is 5.97. The van der Waals surface area contributed by atoms with Crippen LogP contribution in [0.2, 0.25) is 5.02 Å². The number of carbonyl (C=O) groups is 1. The van der Waals surface area contributed by atoms with Crippen LogP contribution in [0.5, 0.6) is 17.2 Å². The van der Waals surface area contributed by atoms with Gasteiger partial charge >= 0.3 is 5.69 Å². The molecule has 2 aromatic carbocycles. The SMILES string of the molecule is C=CCNC(=O)c1ccc(Oc2ccc(Cl)cc2[N+](=O)[O-])c(OC)c1. The fourth-order valence-corrected chi connectivity index (χ4v) is 2.16. The van der Waals surface area contributed by atoms with Gasteiger partial charge in [0.15, 0.2) is 11.5 Å². The quantitative estimate of drug-likeness (QED) is 0.457. The molecule has 0 heterocycles. The highest BCUT2D eigenvalue weighted by Gasteiger charge is 2.19. The zero-order valence-electron chi connectivity index (χ0n) is 13.3. The molecule has 2 rings (SSSR count). The summed E-state index contributed by atoms with van der Waals surface area (Å²) in [6, 6.07) is 8.58. The molecule has 0 fully saturated rings. The number of nitrogens with zero attached hydrogens (tertiary/aromatic N) is 1. The third-order valence-corrected chi connectivity index (χ3v) is 3.41. The Bertz CT molecular complexity index is 823. The largest absolute Gasteiger partial charge is 0.493 e. The van der Waals surface area contributed by atoms with Gasteiger partial charge in [0.25, 0.3) is 5.91 Å². The van der Waals surface area contributed by atoms with Crippen LogP contribution in [0.4, 0.5) is 5.69 Å². The number of nitro benzene ring substituents is 1. The molecule has 130 valence electrons. The first-order chi connectivity index (χ1) is 12.0. The molecule has 1 N–H and O–H groups in total. The second-order valence-corrected chi connectivity index (χ2v) is 5.27. The van der Waals surface area contributed by atoms with E-state index in [9.17, 15) is 14.9 Å². The van der Waals surface area contributed by atoms with E-state index in [4.69, 9.17) is 21.1 Å². The molecule has 8 heteroatoms. The summed E-state index contributed by atoms with van der Waals surface area (Å²) in [7, 11) is 1.41. The molecule has 0 spiro atoms. The number of halogens is 1. The van der Waals surface area contributed by atoms with Gasteiger partial charge in [0.1, 0.15) is 0 Å². The summed E-state index contributed by atoms with van der Waals surface area (Å²) in [6.45, 7) is 3.86. The first-order valence-electron chi connectivity index (χ1n) is 7.15. The lowest BCUT2D eigenvalue weighted by Crippen LogP contribution is -2.23. The Morgan fingerprint density at radius 3 is 2.64 bits per heavy atom. The van der Waals surface area contributed by atoms with Gasteiger partial charge in [0, 0.05) is 23.2 Å². The predicted octanol–water partition coefficient (Wildman–Crippen LogP) is 3.96. The molecule has 0 saturated heterocycles. The maximum atomic E-state index is 12.0. The van der Waals surface area contributed by atoms with Gasteiger partial charge in [-0.1, -0.05) is 17.7 Å². The summed E-state index contributed by atoms with van der Waals surface area (Å²) in [5.74, 6) is 0.197. The van der Waals surface area contributed by atoms with E-state index in [0.717, 1.165) is 0 Å². The molecule has 0 aliphatic heterocycles. The first kappa shape index (κ1) is 18.3. The van der Waals surface area contributed by atoms with Crippen LogP contribution in [0.25, 0.3) is 0 Å². The number of ether oxygens (including phenoxy) is 2. The Morgan fingerprint density at radius 2 is 2.00 bits per heavy atom. The van der Waals surface area contributed by atoms with Crippen molar-refractivity contribution in [3.63, 3.8) is 0 Å². The summed E-state index contributed by atoms with van der Waals surface area (Å²) in [6.07, 6.45) is 1.56. The van der Waals surface area contributed by atoms with Crippen LogP contribution in [0.3, 0.4) is 0 Å². The summed E-state index contributed by atoms with van der Waals surface area (Å²) in [4.78, 5) is 22.5. The number of nitro groups is 1. The number of nitrogens with one attached hydrogen (secondary N) is 1. The van der Waals surface area contributed by atoms with Crippen molar-refractivity contribution in [3.8, 4) is 17.2 Å². The van der Waals surface area contributed by atoms with Crippen molar-refractivity contribution in [3.05, 3.63) is 69.8 Å². The lowest BCUT2D eigenvalue weighted by Gasteiger charge is -2.12. The molecule has 0 radical (unpaired) electrons. The van der Waals surface area contributed by atoms with E-state index >= 15 is 0 Å². The molecule has 0 aliphatic rings. The fourth-order valence-electron chi connectivity index (χ4n) is 2.00. The van der Waals surface area contributed by atoms with Crippen LogP contribution in [0, 0.1) is 10.1 Å². The third kappa shape index (κ3) is 4.48. The van der Waals surface area contributed by atoms with E-state index in [2.05, 4.69) is 11.9 Å². The summed E-state index contributed by atoms with van der Waals surface area (Å²) in [5, 5.41) is 14.0. The van der Waals surface area contributed by atoms with Crippen molar-refractivity contribution < 1.29 is 19.2 Å². The van der Waals surface area contributed by atoms with Crippen molar-refractivity contribution in [2.24, 2.45) is 0 Å². The summed E-state index contributed by atoms with van der Waals surface area (Å²) >= 11 is 5.78. The van der Waals surface area contributed by atoms with Crippen LogP contribution in [0.15, 0.2) is 49.1 Å². The smallest absolute Gasteiger partial charge is 0.313 e. The van der Waals surface area contributed by atoms with Gasteiger partial charge in [-0.2, -0.15) is 0 Å². The van der Waals surface area contributed by atoms with Crippen LogP contribution < -0.4 is 14.8 Å². The summed E-state index contributed by atoms with van der Waals surface area (Å²) < 4.78 is 10.8. The Hall–Kier alpha value is -3.06. The molecular formula is C17H15ClN2O5. The highest BCUT2D eigenvalue weighted by atomic mass is 35.5. The van der Waals surface area contributed by atoms with Crippen molar-refractivity contribution in [2.45, 2.75) is 0 Å². The lowest BCUT2D eigenvalue weighted by atomic mass is 10.2. The summed E-state index contributed by atoms with van der Waals surface area (Å²) in [5.41, 5.74) is 0.0824. The zero-order chi connectivity index (χ0) is 18.4. The number of methoxy groups -OCH3 is 1. The molecule has 0 unspecified atom stereocenters. The molecule has 0 aromatic heterocycles. The zero-order valence-corrected chi connectivity index (χ0v) is 14.1. The Morgan fingerprint density at radius 1 is 1.28 bits per heavy atom. The molecule has 0 atom stereocenters. The van der Waals surface area contributed by atoms with Gasteiger partial charge in [0.05, 0.1) is 12.0 Å². The van der Waals surface area contributed by atoms with E-state index in [1.807, 2.05) is 0 Å². The maximum absolute atomic E-state index is 12.0. The molecule has 1 amide bonds. The van der Waals surface area contributed by atoms with Gasteiger partial charge in [-0.25, -0.2) is 0 Å². The van der Waals surface area contributed by atoms with Crippen LogP contribution in [-0.4, -0.2) is 24.5 Å². The topological polar surface area (TPSA) is 90.7 Å². The monoisotopic (exact) mass is 362 g/mol. The molecule has 25 heavy (non-hydrogen) atoms. The van der Waals surface area contributed by atoms with Crippen LogP contribution in [0.1, 0.15) is 10.4 Å². The minimum absolute atomic E-state index is 0.0107. The number of rotatable bonds is 7. The molecule has 0 saturated carbocycles. The maximum Gasteiger partial charge on any atom is 0.313 e. The van der Waals surface area contributed by atoms with Crippen LogP contribution in [-0.2, 0) is 0 Å². The number of hydrogen-bond acceptors (Lipinski definition) is 5. The van der Waals surface area contributed by atoms with Crippen molar-refractivity contribution in [1.82, 2.24) is 5.32 Å². The van der Waals surface area contributed by atoms with Gasteiger partial charge in [-0.05, 0) is 30.3 Å². The van der Waals surface area contributed by atoms with E-state index in [0.29, 0.717) is 12.1 Å². The third-order valence-electron chi connectivity index (χ3n) is 3.17. The number of hydrogen-bond donors (Lipinski definition) is 1. The van der Waals surface area contributed by atoms with Gasteiger partial charge < -0.3 is 14.8 Å². The fraction of sp³-hybridized carbons (Fsp3) is 0.118. The van der Waals surface area contributed by atoms with E-state index in [1.54, 1.807) is 6.08 Å². The van der Waals surface area contributed by atoms with Crippen molar-refractivity contribution in [2.75, 3.05) is 13.7 Å². The first-order valence-corrected chi connectivity index (χ1v) is 7.53. The normalized spacial score (nSPS) is 10.0. The standard InChI is InChI=1S/C17H15ClN2O5/c1-3-8-19-17(21)11-4-6-15(16(9-11)24-2)25-14-7-5-12(18)10-13(14)20(22)23/h3-7,9-10H,1,8H2,2H3,(H,19,21). The molecule has 2 aromatic rings. The average molecular weight is 363 g/mol. The van der Waals surface area contributed by atoms with E-state index in [1.165, 1.54) is 43.5 Å². The van der Waals surface area contributed by atoms with Crippen molar-refractivity contribution in [1.29, 1.82) is 0 Å². The number of amides is 1. The van der Waals surface area contributed by atoms with Crippen LogP contribution >= 0.6 is 11.6 Å². The van der Waals surface area contributed by atoms with Gasteiger partial charge in [-0.3, -0.25) is 14.9 Å². The van der Waals surface area contributed by atoms with Gasteiger partial charge in [0.2, 0.25) is 5.75 Å². The molecule has 0 bridgehead atoms. The predicted molar refractivity (Wildman–Crippen MR) is 93.7 cm³/mol. The Balaban J connectivity index is 2.33. The minimum Gasteiger partial charge on any atom is -0.493 e. The van der Waals surface area contributed by atoms with E-state index in [-0.39, 0.29) is 33.9 Å². The lowest BCUT2D eigenvalue weighted by molar-refractivity contribution is -0.385. The van der Waals surface area contributed by atoms with Crippen molar-refractivity contribution >= 4 is 23.2 Å². The van der Waals surface area contributed by atoms with Gasteiger partial charge in [-0.15, -0.1) is 6.58 Å². The molecule has 7 nitrogen and oxygen atoms in total. The Labute approximate surface area is 149 Å². The minimum atomic E-state index is -0.592. The molecular weight excluding hydrogens is 348 g/mol. The average Bonchev–Trinajstić information content (AvgIpc) is 2.61. The second kappa shape index (κ2) is 8.16. The number of carbonyl (C=O) groups excluding carboxylic acids is 1. The molecule has 0 aliphatic carbocycles. The highest BCUT2D eigenvalue weighted by molar-refractivity contribution is 6.30. The highest BCUT2D eigenvalue weighted by Crippen LogP contribution is 2.37. The van der Waals surface area contributed by atoms with E-state index < -0.39 is 4.92 Å². The number of benzene rings is 2. The second-order valence-electron chi connectivity index (χ2n) is 4.84.